The van der Waals surface area contributed by atoms with Crippen LogP contribution in [-0.2, 0) is 0 Å². The summed E-state index contributed by atoms with van der Waals surface area (Å²) in [7, 11) is -1.17. The van der Waals surface area contributed by atoms with Crippen molar-refractivity contribution in [3.8, 4) is 0 Å². The van der Waals surface area contributed by atoms with Crippen molar-refractivity contribution < 1.29 is 0 Å². The highest BCUT2D eigenvalue weighted by Crippen LogP contribution is 2.16. The van der Waals surface area contributed by atoms with E-state index in [-0.39, 0.29) is 0 Å². The van der Waals surface area contributed by atoms with Gasteiger partial charge in [0.2, 0.25) is 0 Å². The first kappa shape index (κ1) is 17.5. The largest absolute Gasteiger partial charge is 0.0806 e. The summed E-state index contributed by atoms with van der Waals surface area (Å²) < 4.78 is 0. The second kappa shape index (κ2) is 10.2. The average Bonchev–Trinajstić information content (AvgIpc) is 2.46. The van der Waals surface area contributed by atoms with Gasteiger partial charge in [-0.1, -0.05) is 119 Å². The molecule has 1 rings (SSSR count). The van der Waals surface area contributed by atoms with Crippen molar-refractivity contribution >= 4 is 13.3 Å². The summed E-state index contributed by atoms with van der Waals surface area (Å²) in [5.41, 5.74) is 0. The second-order valence-corrected chi connectivity index (χ2v) is 11.5. The van der Waals surface area contributed by atoms with E-state index < -0.39 is 8.07 Å². The maximum absolute atomic E-state index is 3.90. The third-order valence-electron chi connectivity index (χ3n) is 4.36. The smallest absolute Gasteiger partial charge is 0.0654 e. The summed E-state index contributed by atoms with van der Waals surface area (Å²) in [5, 5.41) is 1.62. The Hall–Kier alpha value is -0.563. The molecule has 0 N–H and O–H groups in total. The molecule has 0 bridgehead atoms. The highest BCUT2D eigenvalue weighted by Gasteiger charge is 2.21. The molecule has 0 spiro atoms. The van der Waals surface area contributed by atoms with Crippen LogP contribution in [0.4, 0.5) is 0 Å². The SMILES string of the molecule is [CH2]CCCCCCCCCC[Si](C)(C)c1ccccc1. The van der Waals surface area contributed by atoms with Crippen LogP contribution in [0, 0.1) is 6.92 Å². The van der Waals surface area contributed by atoms with Crippen molar-refractivity contribution in [1.82, 2.24) is 0 Å². The van der Waals surface area contributed by atoms with Gasteiger partial charge in [0.1, 0.15) is 0 Å². The highest BCUT2D eigenvalue weighted by molar-refractivity contribution is 6.89. The van der Waals surface area contributed by atoms with E-state index in [1.807, 2.05) is 0 Å². The van der Waals surface area contributed by atoms with Crippen LogP contribution in [0.3, 0.4) is 0 Å². The minimum Gasteiger partial charge on any atom is -0.0654 e. The second-order valence-electron chi connectivity index (χ2n) is 6.68. The molecule has 0 unspecified atom stereocenters. The molecular weight excluding hydrogens is 256 g/mol. The summed E-state index contributed by atoms with van der Waals surface area (Å²) in [4.78, 5) is 0. The van der Waals surface area contributed by atoms with Crippen LogP contribution in [0.2, 0.25) is 19.1 Å². The van der Waals surface area contributed by atoms with Crippen molar-refractivity contribution in [1.29, 1.82) is 0 Å². The molecule has 0 nitrogen and oxygen atoms in total. The normalized spacial score (nSPS) is 11.8. The van der Waals surface area contributed by atoms with Gasteiger partial charge >= 0.3 is 0 Å². The Morgan fingerprint density at radius 1 is 0.750 bits per heavy atom. The maximum atomic E-state index is 3.90. The van der Waals surface area contributed by atoms with Gasteiger partial charge in [-0.05, 0) is 0 Å². The molecule has 1 heteroatoms. The Labute approximate surface area is 128 Å². The van der Waals surface area contributed by atoms with Crippen molar-refractivity contribution in [3.05, 3.63) is 37.3 Å². The minimum absolute atomic E-state index is 1.11. The van der Waals surface area contributed by atoms with Gasteiger partial charge in [-0.15, -0.1) is 0 Å². The molecule has 0 saturated carbocycles. The van der Waals surface area contributed by atoms with E-state index in [2.05, 4.69) is 50.3 Å². The molecular formula is C19H33Si. The molecule has 0 atom stereocenters. The zero-order valence-electron chi connectivity index (χ0n) is 13.7. The fraction of sp³-hybridized carbons (Fsp3) is 0.632. The lowest BCUT2D eigenvalue weighted by molar-refractivity contribution is 0.576. The van der Waals surface area contributed by atoms with Crippen LogP contribution < -0.4 is 5.19 Å². The first-order valence-electron chi connectivity index (χ1n) is 8.51. The minimum atomic E-state index is -1.17. The highest BCUT2D eigenvalue weighted by atomic mass is 28.3. The Morgan fingerprint density at radius 3 is 1.80 bits per heavy atom. The Bertz CT molecular complexity index is 329. The monoisotopic (exact) mass is 289 g/mol. The summed E-state index contributed by atoms with van der Waals surface area (Å²) in [6.45, 7) is 8.93. The maximum Gasteiger partial charge on any atom is 0.0806 e. The van der Waals surface area contributed by atoms with E-state index in [0.29, 0.717) is 0 Å². The quantitative estimate of drug-likeness (QED) is 0.349. The summed E-state index contributed by atoms with van der Waals surface area (Å²) >= 11 is 0. The molecule has 0 aromatic heterocycles. The lowest BCUT2D eigenvalue weighted by Gasteiger charge is -2.22. The first-order chi connectivity index (χ1) is 9.67. The van der Waals surface area contributed by atoms with Crippen LogP contribution in [0.15, 0.2) is 30.3 Å². The molecule has 0 aliphatic rings. The van der Waals surface area contributed by atoms with Gasteiger partial charge in [0.05, 0.1) is 8.07 Å². The van der Waals surface area contributed by atoms with Gasteiger partial charge in [0, 0.05) is 0 Å². The number of rotatable bonds is 11. The predicted octanol–water partition coefficient (Wildman–Crippen LogP) is 5.95. The van der Waals surface area contributed by atoms with Crippen LogP contribution in [0.5, 0.6) is 0 Å². The molecule has 0 amide bonds. The van der Waals surface area contributed by atoms with Crippen LogP contribution in [-0.4, -0.2) is 8.07 Å². The number of hydrogen-bond donors (Lipinski definition) is 0. The molecule has 1 aromatic carbocycles. The van der Waals surface area contributed by atoms with E-state index in [4.69, 9.17) is 0 Å². The summed E-state index contributed by atoms with van der Waals surface area (Å²) in [6, 6.07) is 12.6. The summed E-state index contributed by atoms with van der Waals surface area (Å²) in [5.74, 6) is 0. The van der Waals surface area contributed by atoms with Gasteiger partial charge < -0.3 is 0 Å². The lowest BCUT2D eigenvalue weighted by Crippen LogP contribution is -2.40. The Balaban J connectivity index is 2.06. The fourth-order valence-corrected chi connectivity index (χ4v) is 5.36. The molecule has 0 fully saturated rings. The van der Waals surface area contributed by atoms with Gasteiger partial charge in [-0.25, -0.2) is 0 Å². The standard InChI is InChI=1S/C19H33Si/c1-4-5-6-7-8-9-10-11-15-18-20(2,3)19-16-13-12-14-17-19/h12-14,16-17H,1,4-11,15,18H2,2-3H3. The number of benzene rings is 1. The molecule has 113 valence electrons. The van der Waals surface area contributed by atoms with Gasteiger partial charge in [0.15, 0.2) is 0 Å². The van der Waals surface area contributed by atoms with Gasteiger partial charge in [-0.2, -0.15) is 0 Å². The fourth-order valence-electron chi connectivity index (χ4n) is 2.84. The number of unbranched alkanes of at least 4 members (excludes halogenated alkanes) is 8. The first-order valence-corrected chi connectivity index (χ1v) is 11.7. The van der Waals surface area contributed by atoms with E-state index in [1.165, 1.54) is 57.4 Å². The zero-order valence-corrected chi connectivity index (χ0v) is 14.7. The third kappa shape index (κ3) is 7.28. The molecule has 0 aliphatic carbocycles. The van der Waals surface area contributed by atoms with Crippen molar-refractivity contribution in [2.24, 2.45) is 0 Å². The van der Waals surface area contributed by atoms with Gasteiger partial charge in [0.25, 0.3) is 0 Å². The van der Waals surface area contributed by atoms with E-state index in [1.54, 1.807) is 5.19 Å². The van der Waals surface area contributed by atoms with Crippen molar-refractivity contribution in [3.63, 3.8) is 0 Å². The Kier molecular flexibility index (Phi) is 8.92. The third-order valence-corrected chi connectivity index (χ3v) is 7.86. The Morgan fingerprint density at radius 2 is 1.25 bits per heavy atom. The molecule has 1 aromatic rings. The van der Waals surface area contributed by atoms with E-state index >= 15 is 0 Å². The van der Waals surface area contributed by atoms with Crippen molar-refractivity contribution in [2.45, 2.75) is 76.9 Å². The predicted molar refractivity (Wildman–Crippen MR) is 95.3 cm³/mol. The van der Waals surface area contributed by atoms with Crippen LogP contribution >= 0.6 is 0 Å². The molecule has 1 radical (unpaired) electrons. The zero-order chi connectivity index (χ0) is 14.7. The van der Waals surface area contributed by atoms with Crippen molar-refractivity contribution in [2.75, 3.05) is 0 Å². The van der Waals surface area contributed by atoms with Crippen LogP contribution in [0.25, 0.3) is 0 Å². The molecule has 0 heterocycles. The topological polar surface area (TPSA) is 0 Å². The van der Waals surface area contributed by atoms with Crippen LogP contribution in [0.1, 0.15) is 57.8 Å². The number of hydrogen-bond acceptors (Lipinski definition) is 0. The molecule has 0 aliphatic heterocycles. The summed E-state index contributed by atoms with van der Waals surface area (Å²) in [6.07, 6.45) is 12.4. The van der Waals surface area contributed by atoms with E-state index in [0.717, 1.165) is 6.42 Å². The van der Waals surface area contributed by atoms with E-state index in [9.17, 15) is 0 Å². The molecule has 20 heavy (non-hydrogen) atoms. The lowest BCUT2D eigenvalue weighted by atomic mass is 10.1. The van der Waals surface area contributed by atoms with Gasteiger partial charge in [-0.3, -0.25) is 0 Å². The molecule has 0 saturated heterocycles. The average molecular weight is 290 g/mol.